The van der Waals surface area contributed by atoms with Crippen molar-refractivity contribution in [2.75, 3.05) is 12.3 Å². The number of hydrogen-bond acceptors (Lipinski definition) is 4. The number of halogens is 1. The molecule has 0 bridgehead atoms. The average Bonchev–Trinajstić information content (AvgIpc) is 2.37. The first-order valence-electron chi connectivity index (χ1n) is 6.31. The number of carbonyl (C=O) groups is 2. The summed E-state index contributed by atoms with van der Waals surface area (Å²) in [5.74, 6) is -0.963. The number of aliphatic carboxylic acids is 1. The highest BCUT2D eigenvalue weighted by Crippen LogP contribution is 2.13. The van der Waals surface area contributed by atoms with E-state index in [1.807, 2.05) is 0 Å². The van der Waals surface area contributed by atoms with Gasteiger partial charge in [-0.1, -0.05) is 12.1 Å². The van der Waals surface area contributed by atoms with E-state index in [1.54, 1.807) is 12.1 Å². The van der Waals surface area contributed by atoms with Gasteiger partial charge in [-0.2, -0.15) is 0 Å². The molecule has 1 amide bonds. The molecule has 0 aliphatic carbocycles. The molecule has 1 aromatic carbocycles. The van der Waals surface area contributed by atoms with Crippen LogP contribution in [-0.2, 0) is 15.3 Å². The summed E-state index contributed by atoms with van der Waals surface area (Å²) in [7, 11) is 0. The fraction of sp³-hybridized carbons (Fsp3) is 0.429. The second kappa shape index (κ2) is 7.99. The summed E-state index contributed by atoms with van der Waals surface area (Å²) in [5, 5.41) is 20.8. The van der Waals surface area contributed by atoms with Gasteiger partial charge in [0.1, 0.15) is 5.82 Å². The summed E-state index contributed by atoms with van der Waals surface area (Å²) in [6.07, 6.45) is -0.435. The summed E-state index contributed by atoms with van der Waals surface area (Å²) in [6, 6.07) is 6.02. The van der Waals surface area contributed by atoms with E-state index in [0.29, 0.717) is 5.75 Å². The zero-order valence-electron chi connectivity index (χ0n) is 11.6. The van der Waals surface area contributed by atoms with Crippen LogP contribution in [0.3, 0.4) is 0 Å². The first kappa shape index (κ1) is 17.5. The molecule has 0 radical (unpaired) electrons. The Morgan fingerprint density at radius 1 is 1.33 bits per heavy atom. The Kier molecular flexibility index (Phi) is 6.64. The van der Waals surface area contributed by atoms with Gasteiger partial charge in [0.2, 0.25) is 5.91 Å². The Morgan fingerprint density at radius 2 is 1.95 bits per heavy atom. The lowest BCUT2D eigenvalue weighted by Crippen LogP contribution is -2.42. The predicted octanol–water partition coefficient (Wildman–Crippen LogP) is 1.40. The molecular weight excluding hydrogens is 297 g/mol. The van der Waals surface area contributed by atoms with Crippen molar-refractivity contribution in [3.8, 4) is 0 Å². The second-order valence-corrected chi connectivity index (χ2v) is 5.95. The van der Waals surface area contributed by atoms with E-state index < -0.39 is 18.0 Å². The molecule has 1 unspecified atom stereocenters. The normalized spacial score (nSPS) is 13.5. The largest absolute Gasteiger partial charge is 0.481 e. The van der Waals surface area contributed by atoms with Crippen molar-refractivity contribution in [1.29, 1.82) is 0 Å². The molecule has 0 aliphatic heterocycles. The van der Waals surface area contributed by atoms with E-state index in [9.17, 15) is 19.1 Å². The van der Waals surface area contributed by atoms with Crippen LogP contribution in [0.15, 0.2) is 24.3 Å². The summed E-state index contributed by atoms with van der Waals surface area (Å²) >= 11 is 1.35. The standard InChI is InChI=1S/C14H18FNO4S/c1-14(20,6-13(18)19)9-16-12(17)8-21-7-10-2-4-11(15)5-3-10/h2-5,20H,6-9H2,1H3,(H,16,17)(H,18,19). The number of rotatable bonds is 8. The van der Waals surface area contributed by atoms with Crippen molar-refractivity contribution in [3.05, 3.63) is 35.6 Å². The molecule has 0 heterocycles. The molecule has 5 nitrogen and oxygen atoms in total. The molecule has 0 spiro atoms. The molecule has 21 heavy (non-hydrogen) atoms. The Morgan fingerprint density at radius 3 is 2.52 bits per heavy atom. The fourth-order valence-corrected chi connectivity index (χ4v) is 2.39. The van der Waals surface area contributed by atoms with Gasteiger partial charge in [-0.3, -0.25) is 9.59 Å². The monoisotopic (exact) mass is 315 g/mol. The number of benzene rings is 1. The van der Waals surface area contributed by atoms with Crippen LogP contribution in [0.4, 0.5) is 4.39 Å². The number of nitrogens with one attached hydrogen (secondary N) is 1. The molecule has 0 saturated heterocycles. The summed E-state index contributed by atoms with van der Waals surface area (Å²) in [4.78, 5) is 22.1. The third-order valence-corrected chi connectivity index (χ3v) is 3.62. The van der Waals surface area contributed by atoms with Gasteiger partial charge in [-0.25, -0.2) is 4.39 Å². The summed E-state index contributed by atoms with van der Waals surface area (Å²) in [5.41, 5.74) is -0.560. The van der Waals surface area contributed by atoms with Gasteiger partial charge in [-0.15, -0.1) is 11.8 Å². The maximum atomic E-state index is 12.7. The Labute approximate surface area is 126 Å². The number of carboxylic acids is 1. The van der Waals surface area contributed by atoms with E-state index in [0.717, 1.165) is 5.56 Å². The van der Waals surface area contributed by atoms with Crippen molar-refractivity contribution >= 4 is 23.6 Å². The molecule has 0 aliphatic rings. The van der Waals surface area contributed by atoms with E-state index in [1.165, 1.54) is 30.8 Å². The van der Waals surface area contributed by atoms with Gasteiger partial charge in [0.15, 0.2) is 0 Å². The third-order valence-electron chi connectivity index (χ3n) is 2.61. The van der Waals surface area contributed by atoms with Crippen LogP contribution >= 0.6 is 11.8 Å². The number of thioether (sulfide) groups is 1. The summed E-state index contributed by atoms with van der Waals surface area (Å²) < 4.78 is 12.7. The van der Waals surface area contributed by atoms with Crippen molar-refractivity contribution in [2.24, 2.45) is 0 Å². The second-order valence-electron chi connectivity index (χ2n) is 4.96. The van der Waals surface area contributed by atoms with Gasteiger partial charge in [0.25, 0.3) is 0 Å². The van der Waals surface area contributed by atoms with Crippen LogP contribution in [-0.4, -0.2) is 40.0 Å². The van der Waals surface area contributed by atoms with Crippen LogP contribution in [0, 0.1) is 5.82 Å². The smallest absolute Gasteiger partial charge is 0.306 e. The zero-order chi connectivity index (χ0) is 15.9. The molecule has 1 aromatic rings. The topological polar surface area (TPSA) is 86.6 Å². The summed E-state index contributed by atoms with van der Waals surface area (Å²) in [6.45, 7) is 1.24. The van der Waals surface area contributed by atoms with Crippen LogP contribution < -0.4 is 5.32 Å². The highest BCUT2D eigenvalue weighted by molar-refractivity contribution is 7.99. The highest BCUT2D eigenvalue weighted by atomic mass is 32.2. The SMILES string of the molecule is CC(O)(CNC(=O)CSCc1ccc(F)cc1)CC(=O)O. The Bertz CT molecular complexity index is 490. The molecule has 7 heteroatoms. The van der Waals surface area contributed by atoms with Gasteiger partial charge >= 0.3 is 5.97 Å². The Balaban J connectivity index is 2.25. The number of aliphatic hydroxyl groups is 1. The van der Waals surface area contributed by atoms with E-state index in [-0.39, 0.29) is 24.0 Å². The molecular formula is C14H18FNO4S. The minimum Gasteiger partial charge on any atom is -0.481 e. The average molecular weight is 315 g/mol. The number of carbonyl (C=O) groups excluding carboxylic acids is 1. The molecule has 3 N–H and O–H groups in total. The number of hydrogen-bond donors (Lipinski definition) is 3. The fourth-order valence-electron chi connectivity index (χ4n) is 1.57. The lowest BCUT2D eigenvalue weighted by atomic mass is 10.0. The van der Waals surface area contributed by atoms with E-state index in [4.69, 9.17) is 5.11 Å². The van der Waals surface area contributed by atoms with Crippen molar-refractivity contribution < 1.29 is 24.2 Å². The first-order chi connectivity index (χ1) is 9.78. The minimum atomic E-state index is -1.47. The predicted molar refractivity (Wildman–Crippen MR) is 78.4 cm³/mol. The Hall–Kier alpha value is -1.60. The zero-order valence-corrected chi connectivity index (χ0v) is 12.5. The van der Waals surface area contributed by atoms with Gasteiger partial charge in [0, 0.05) is 12.3 Å². The van der Waals surface area contributed by atoms with E-state index >= 15 is 0 Å². The number of amides is 1. The number of carboxylic acid groups (broad SMARTS) is 1. The molecule has 1 rings (SSSR count). The van der Waals surface area contributed by atoms with Crippen molar-refractivity contribution in [3.63, 3.8) is 0 Å². The molecule has 1 atom stereocenters. The highest BCUT2D eigenvalue weighted by Gasteiger charge is 2.24. The van der Waals surface area contributed by atoms with Gasteiger partial charge in [0.05, 0.1) is 17.8 Å². The van der Waals surface area contributed by atoms with Crippen LogP contribution in [0.25, 0.3) is 0 Å². The van der Waals surface area contributed by atoms with Gasteiger partial charge in [-0.05, 0) is 24.6 Å². The van der Waals surface area contributed by atoms with E-state index in [2.05, 4.69) is 5.32 Å². The van der Waals surface area contributed by atoms with Crippen LogP contribution in [0.1, 0.15) is 18.9 Å². The molecule has 0 saturated carbocycles. The maximum absolute atomic E-state index is 12.7. The van der Waals surface area contributed by atoms with Gasteiger partial charge < -0.3 is 15.5 Å². The lowest BCUT2D eigenvalue weighted by Gasteiger charge is -2.21. The first-order valence-corrected chi connectivity index (χ1v) is 7.47. The van der Waals surface area contributed by atoms with Crippen LogP contribution in [0.2, 0.25) is 0 Å². The molecule has 0 fully saturated rings. The molecule has 0 aromatic heterocycles. The maximum Gasteiger partial charge on any atom is 0.306 e. The van der Waals surface area contributed by atoms with Crippen LogP contribution in [0.5, 0.6) is 0 Å². The quantitative estimate of drug-likeness (QED) is 0.675. The molecule has 116 valence electrons. The third kappa shape index (κ3) is 7.67. The minimum absolute atomic E-state index is 0.116. The lowest BCUT2D eigenvalue weighted by molar-refractivity contribution is -0.142. The van der Waals surface area contributed by atoms with Crippen molar-refractivity contribution in [2.45, 2.75) is 24.7 Å². The van der Waals surface area contributed by atoms with Crippen molar-refractivity contribution in [1.82, 2.24) is 5.32 Å².